The van der Waals surface area contributed by atoms with Gasteiger partial charge in [-0.25, -0.2) is 0 Å². The Balaban J connectivity index is 2.10. The highest BCUT2D eigenvalue weighted by molar-refractivity contribution is 7.98. The van der Waals surface area contributed by atoms with Gasteiger partial charge in [0.1, 0.15) is 0 Å². The fourth-order valence-electron chi connectivity index (χ4n) is 2.27. The van der Waals surface area contributed by atoms with Crippen LogP contribution >= 0.6 is 11.8 Å². The predicted octanol–water partition coefficient (Wildman–Crippen LogP) is 2.69. The van der Waals surface area contributed by atoms with E-state index in [1.807, 2.05) is 11.8 Å². The first-order chi connectivity index (χ1) is 7.72. The van der Waals surface area contributed by atoms with E-state index in [4.69, 9.17) is 5.73 Å². The lowest BCUT2D eigenvalue weighted by molar-refractivity contribution is 0.802. The molecule has 0 spiro atoms. The van der Waals surface area contributed by atoms with Gasteiger partial charge < -0.3 is 10.6 Å². The van der Waals surface area contributed by atoms with Crippen LogP contribution in [0.4, 0.5) is 11.4 Å². The van der Waals surface area contributed by atoms with Crippen LogP contribution in [0.3, 0.4) is 0 Å². The van der Waals surface area contributed by atoms with Gasteiger partial charge in [0.05, 0.1) is 0 Å². The molecule has 2 nitrogen and oxygen atoms in total. The summed E-state index contributed by atoms with van der Waals surface area (Å²) in [6, 6.07) is 4.40. The molecular weight excluding hydrogens is 216 g/mol. The third kappa shape index (κ3) is 2.29. The van der Waals surface area contributed by atoms with Gasteiger partial charge in [-0.2, -0.15) is 11.8 Å². The molecule has 0 unspecified atom stereocenters. The van der Waals surface area contributed by atoms with Crippen molar-refractivity contribution in [2.75, 3.05) is 35.7 Å². The summed E-state index contributed by atoms with van der Waals surface area (Å²) in [6.45, 7) is 4.41. The predicted molar refractivity (Wildman–Crippen MR) is 74.5 cm³/mol. The van der Waals surface area contributed by atoms with Crippen molar-refractivity contribution in [3.8, 4) is 0 Å². The van der Waals surface area contributed by atoms with Crippen LogP contribution in [0.2, 0.25) is 0 Å². The average Bonchev–Trinajstić information content (AvgIpc) is 2.63. The van der Waals surface area contributed by atoms with Gasteiger partial charge >= 0.3 is 0 Å². The van der Waals surface area contributed by atoms with Crippen molar-refractivity contribution in [1.29, 1.82) is 0 Å². The molecule has 2 rings (SSSR count). The monoisotopic (exact) mass is 236 g/mol. The molecule has 0 radical (unpaired) electrons. The molecule has 0 aromatic heterocycles. The van der Waals surface area contributed by atoms with E-state index in [0.29, 0.717) is 0 Å². The SMILES string of the molecule is CSCCCN1CCc2cc(C)c(N)cc21. The molecule has 0 amide bonds. The number of rotatable bonds is 4. The number of hydrogen-bond donors (Lipinski definition) is 1. The summed E-state index contributed by atoms with van der Waals surface area (Å²) in [5, 5.41) is 0. The number of aryl methyl sites for hydroxylation is 1. The number of nitrogens with zero attached hydrogens (tertiary/aromatic N) is 1. The Hall–Kier alpha value is -0.830. The van der Waals surface area contributed by atoms with Crippen LogP contribution in [0.5, 0.6) is 0 Å². The second-order valence-electron chi connectivity index (χ2n) is 4.42. The summed E-state index contributed by atoms with van der Waals surface area (Å²) in [6.07, 6.45) is 4.60. The lowest BCUT2D eigenvalue weighted by Gasteiger charge is -2.19. The van der Waals surface area contributed by atoms with Crippen LogP contribution in [0.15, 0.2) is 12.1 Å². The number of thioether (sulfide) groups is 1. The molecule has 0 bridgehead atoms. The third-order valence-corrected chi connectivity index (χ3v) is 3.93. The molecule has 0 aliphatic carbocycles. The van der Waals surface area contributed by atoms with E-state index >= 15 is 0 Å². The zero-order chi connectivity index (χ0) is 11.5. The third-order valence-electron chi connectivity index (χ3n) is 3.24. The van der Waals surface area contributed by atoms with E-state index in [0.717, 1.165) is 18.8 Å². The second-order valence-corrected chi connectivity index (χ2v) is 5.41. The minimum atomic E-state index is 0.926. The molecule has 0 saturated carbocycles. The van der Waals surface area contributed by atoms with Crippen molar-refractivity contribution in [1.82, 2.24) is 0 Å². The Labute approximate surface area is 102 Å². The molecular formula is C13H20N2S. The average molecular weight is 236 g/mol. The number of fused-ring (bicyclic) bond motifs is 1. The Morgan fingerprint density at radius 1 is 1.44 bits per heavy atom. The highest BCUT2D eigenvalue weighted by atomic mass is 32.2. The second kappa shape index (κ2) is 5.00. The minimum Gasteiger partial charge on any atom is -0.398 e. The standard InChI is InChI=1S/C13H20N2S/c1-10-8-11-4-6-15(5-3-7-16-2)13(11)9-12(10)14/h8-9H,3-7,14H2,1-2H3. The molecule has 1 aromatic carbocycles. The Kier molecular flexibility index (Phi) is 3.64. The van der Waals surface area contributed by atoms with E-state index in [1.54, 1.807) is 0 Å². The first kappa shape index (κ1) is 11.6. The minimum absolute atomic E-state index is 0.926. The fraction of sp³-hybridized carbons (Fsp3) is 0.538. The lowest BCUT2D eigenvalue weighted by Crippen LogP contribution is -2.22. The summed E-state index contributed by atoms with van der Waals surface area (Å²) in [4.78, 5) is 2.47. The number of benzene rings is 1. The van der Waals surface area contributed by atoms with E-state index in [-0.39, 0.29) is 0 Å². The van der Waals surface area contributed by atoms with E-state index < -0.39 is 0 Å². The van der Waals surface area contributed by atoms with Gasteiger partial charge in [0.25, 0.3) is 0 Å². The molecule has 1 heterocycles. The van der Waals surface area contributed by atoms with Crippen LogP contribution < -0.4 is 10.6 Å². The lowest BCUT2D eigenvalue weighted by atomic mass is 10.1. The maximum absolute atomic E-state index is 5.98. The molecule has 3 heteroatoms. The topological polar surface area (TPSA) is 29.3 Å². The van der Waals surface area contributed by atoms with Gasteiger partial charge in [-0.15, -0.1) is 0 Å². The molecule has 16 heavy (non-hydrogen) atoms. The summed E-state index contributed by atoms with van der Waals surface area (Å²) in [5.41, 5.74) is 11.0. The summed E-state index contributed by atoms with van der Waals surface area (Å²) >= 11 is 1.92. The molecule has 0 atom stereocenters. The van der Waals surface area contributed by atoms with Crippen molar-refractivity contribution >= 4 is 23.1 Å². The summed E-state index contributed by atoms with van der Waals surface area (Å²) in [7, 11) is 0. The number of nitrogen functional groups attached to an aromatic ring is 1. The van der Waals surface area contributed by atoms with E-state index in [1.165, 1.54) is 35.4 Å². The van der Waals surface area contributed by atoms with Crippen LogP contribution in [0, 0.1) is 6.92 Å². The van der Waals surface area contributed by atoms with Crippen LogP contribution in [0.25, 0.3) is 0 Å². The zero-order valence-electron chi connectivity index (χ0n) is 10.1. The highest BCUT2D eigenvalue weighted by Crippen LogP contribution is 2.32. The van der Waals surface area contributed by atoms with E-state index in [2.05, 4.69) is 30.2 Å². The molecule has 0 saturated heterocycles. The maximum atomic E-state index is 5.98. The zero-order valence-corrected chi connectivity index (χ0v) is 10.9. The summed E-state index contributed by atoms with van der Waals surface area (Å²) in [5.74, 6) is 1.24. The van der Waals surface area contributed by atoms with Crippen molar-refractivity contribution in [2.45, 2.75) is 19.8 Å². The van der Waals surface area contributed by atoms with Gasteiger partial charge in [0.15, 0.2) is 0 Å². The van der Waals surface area contributed by atoms with Gasteiger partial charge in [-0.1, -0.05) is 6.07 Å². The maximum Gasteiger partial charge on any atom is 0.0420 e. The van der Waals surface area contributed by atoms with Crippen molar-refractivity contribution in [3.05, 3.63) is 23.3 Å². The van der Waals surface area contributed by atoms with Crippen LogP contribution in [0.1, 0.15) is 17.5 Å². The molecule has 2 N–H and O–H groups in total. The number of hydrogen-bond acceptors (Lipinski definition) is 3. The summed E-state index contributed by atoms with van der Waals surface area (Å²) < 4.78 is 0. The van der Waals surface area contributed by atoms with Gasteiger partial charge in [-0.05, 0) is 49.0 Å². The van der Waals surface area contributed by atoms with Crippen molar-refractivity contribution < 1.29 is 0 Å². The molecule has 0 fully saturated rings. The smallest absolute Gasteiger partial charge is 0.0420 e. The Bertz CT molecular complexity index is 376. The largest absolute Gasteiger partial charge is 0.398 e. The number of nitrogens with two attached hydrogens (primary N) is 1. The van der Waals surface area contributed by atoms with Gasteiger partial charge in [0, 0.05) is 24.5 Å². The first-order valence-electron chi connectivity index (χ1n) is 5.85. The normalized spacial score (nSPS) is 14.2. The van der Waals surface area contributed by atoms with Gasteiger partial charge in [0.2, 0.25) is 0 Å². The molecule has 1 aliphatic heterocycles. The fourth-order valence-corrected chi connectivity index (χ4v) is 2.69. The molecule has 88 valence electrons. The quantitative estimate of drug-likeness (QED) is 0.644. The molecule has 1 aromatic rings. The number of anilines is 2. The molecule has 1 aliphatic rings. The van der Waals surface area contributed by atoms with E-state index in [9.17, 15) is 0 Å². The first-order valence-corrected chi connectivity index (χ1v) is 7.24. The van der Waals surface area contributed by atoms with Crippen molar-refractivity contribution in [2.24, 2.45) is 0 Å². The van der Waals surface area contributed by atoms with Crippen LogP contribution in [-0.4, -0.2) is 25.1 Å². The Morgan fingerprint density at radius 2 is 2.25 bits per heavy atom. The van der Waals surface area contributed by atoms with Crippen LogP contribution in [-0.2, 0) is 6.42 Å². The highest BCUT2D eigenvalue weighted by Gasteiger charge is 2.19. The Morgan fingerprint density at radius 3 is 3.00 bits per heavy atom. The van der Waals surface area contributed by atoms with Gasteiger partial charge in [-0.3, -0.25) is 0 Å². The van der Waals surface area contributed by atoms with Crippen molar-refractivity contribution in [3.63, 3.8) is 0 Å².